The molecule has 0 bridgehead atoms. The molecule has 0 N–H and O–H groups in total. The van der Waals surface area contributed by atoms with E-state index in [0.29, 0.717) is 0 Å². The monoisotopic (exact) mass is 291 g/mol. The van der Waals surface area contributed by atoms with Crippen molar-refractivity contribution in [3.05, 3.63) is 24.3 Å². The van der Waals surface area contributed by atoms with Gasteiger partial charge in [0.05, 0.1) is 12.1 Å². The number of nitrogens with zero attached hydrogens (tertiary/aromatic N) is 1. The van der Waals surface area contributed by atoms with Crippen molar-refractivity contribution in [3.63, 3.8) is 0 Å². The maximum atomic E-state index is 5.27. The Kier molecular flexibility index (Phi) is 2.51. The molecule has 0 saturated carbocycles. The first-order valence-corrected chi connectivity index (χ1v) is 5.36. The fourth-order valence-electron chi connectivity index (χ4n) is 2.55. The Morgan fingerprint density at radius 1 is 1.31 bits per heavy atom. The molecule has 0 radical (unpaired) electrons. The average molecular weight is 291 g/mol. The van der Waals surface area contributed by atoms with Crippen molar-refractivity contribution in [2.75, 3.05) is 19.7 Å². The van der Waals surface area contributed by atoms with Crippen LogP contribution in [-0.4, -0.2) is 30.1 Å². The number of rotatable bonds is 2. The van der Waals surface area contributed by atoms with E-state index in [9.17, 15) is 0 Å². The zero-order valence-corrected chi connectivity index (χ0v) is 9.84. The molecular weight excluding hydrogens is 277 g/mol. The molecule has 2 heterocycles. The lowest BCUT2D eigenvalue weighted by Gasteiger charge is -2.29. The van der Waals surface area contributed by atoms with Gasteiger partial charge in [-0.3, -0.25) is 4.90 Å². The highest BCUT2D eigenvalue weighted by Crippen LogP contribution is 2.42. The normalized spacial score (nSPS) is 26.8. The number of halogens is 1. The van der Waals surface area contributed by atoms with Crippen LogP contribution >= 0.6 is 23.0 Å². The van der Waals surface area contributed by atoms with E-state index in [0.717, 1.165) is 32.5 Å². The molecule has 0 amide bonds. The van der Waals surface area contributed by atoms with Gasteiger partial charge in [0.2, 0.25) is 0 Å². The van der Waals surface area contributed by atoms with Gasteiger partial charge in [0, 0.05) is 13.1 Å². The minimum Gasteiger partial charge on any atom is -0.314 e. The van der Waals surface area contributed by atoms with Gasteiger partial charge in [-0.2, -0.15) is 0 Å². The van der Waals surface area contributed by atoms with Crippen molar-refractivity contribution in [2.45, 2.75) is 18.4 Å². The molecule has 0 aromatic heterocycles. The van der Waals surface area contributed by atoms with Gasteiger partial charge in [-0.25, -0.2) is 0 Å². The molecule has 2 aliphatic heterocycles. The molecule has 0 aliphatic carbocycles. The lowest BCUT2D eigenvalue weighted by atomic mass is 9.93. The van der Waals surface area contributed by atoms with E-state index >= 15 is 0 Å². The molecule has 3 heteroatoms. The van der Waals surface area contributed by atoms with Gasteiger partial charge < -0.3 is 3.07 Å². The molecule has 0 spiro atoms. The number of fused-ring (bicyclic) bond motifs is 1. The Morgan fingerprint density at radius 2 is 1.85 bits per heavy atom. The van der Waals surface area contributed by atoms with Gasteiger partial charge in [-0.1, -0.05) is 24.3 Å². The first-order valence-electron chi connectivity index (χ1n) is 4.48. The van der Waals surface area contributed by atoms with Crippen LogP contribution in [0.2, 0.25) is 0 Å². The van der Waals surface area contributed by atoms with E-state index in [2.05, 4.69) is 18.1 Å². The van der Waals surface area contributed by atoms with E-state index in [4.69, 9.17) is 3.07 Å². The first kappa shape index (κ1) is 9.68. The van der Waals surface area contributed by atoms with Crippen molar-refractivity contribution < 1.29 is 3.07 Å². The van der Waals surface area contributed by atoms with E-state index in [1.165, 1.54) is 11.1 Å². The van der Waals surface area contributed by atoms with E-state index < -0.39 is 0 Å². The van der Waals surface area contributed by atoms with Gasteiger partial charge in [0.15, 0.2) is 0 Å². The molecule has 0 unspecified atom stereocenters. The fraction of sp³-hybridized carbons (Fsp3) is 0.600. The zero-order chi connectivity index (χ0) is 9.47. The number of hydrogen-bond acceptors (Lipinski definition) is 2. The highest BCUT2D eigenvalue weighted by molar-refractivity contribution is 14.1. The summed E-state index contributed by atoms with van der Waals surface area (Å²) in [4.78, 5) is 2.45. The third-order valence-corrected chi connectivity index (χ3v) is 3.29. The molecular formula is C10H14INO. The van der Waals surface area contributed by atoms with Crippen molar-refractivity contribution in [1.82, 2.24) is 4.90 Å². The van der Waals surface area contributed by atoms with Gasteiger partial charge in [0.1, 0.15) is 23.0 Å². The van der Waals surface area contributed by atoms with Crippen LogP contribution in [0.25, 0.3) is 0 Å². The minimum absolute atomic E-state index is 0.204. The van der Waals surface area contributed by atoms with E-state index in [-0.39, 0.29) is 5.54 Å². The molecule has 0 aromatic rings. The van der Waals surface area contributed by atoms with Gasteiger partial charge in [0.25, 0.3) is 0 Å². The quantitative estimate of drug-likeness (QED) is 0.572. The molecule has 13 heavy (non-hydrogen) atoms. The Hall–Kier alpha value is 0.130. The zero-order valence-electron chi connectivity index (χ0n) is 7.68. The molecule has 2 rings (SSSR count). The summed E-state index contributed by atoms with van der Waals surface area (Å²) in [6, 6.07) is 0. The van der Waals surface area contributed by atoms with Gasteiger partial charge in [-0.15, -0.1) is 0 Å². The summed E-state index contributed by atoms with van der Waals surface area (Å²) < 4.78 is 5.27. The van der Waals surface area contributed by atoms with Gasteiger partial charge in [-0.05, 0) is 12.8 Å². The molecule has 2 saturated heterocycles. The third-order valence-electron chi connectivity index (χ3n) is 2.98. The Morgan fingerprint density at radius 3 is 2.31 bits per heavy atom. The largest absolute Gasteiger partial charge is 0.314 e. The standard InChI is InChI=1S/C10H14INO/c1-8-3-10(7-13-11)4-9(2)6-12(10)5-8/h1-7H2. The SMILES string of the molecule is C=C1CN2CC(=C)CC2(COI)C1. The average Bonchev–Trinajstić information content (AvgIpc) is 2.40. The van der Waals surface area contributed by atoms with Crippen molar-refractivity contribution >= 4 is 23.0 Å². The highest BCUT2D eigenvalue weighted by atomic mass is 127. The van der Waals surface area contributed by atoms with Crippen LogP contribution in [0.5, 0.6) is 0 Å². The van der Waals surface area contributed by atoms with E-state index in [1.807, 2.05) is 23.0 Å². The van der Waals surface area contributed by atoms with Gasteiger partial charge >= 0.3 is 0 Å². The molecule has 2 nitrogen and oxygen atoms in total. The first-order chi connectivity index (χ1) is 6.16. The topological polar surface area (TPSA) is 12.5 Å². The van der Waals surface area contributed by atoms with Crippen LogP contribution < -0.4 is 0 Å². The maximum Gasteiger partial charge on any atom is 0.109 e. The second kappa shape index (κ2) is 3.37. The van der Waals surface area contributed by atoms with E-state index in [1.54, 1.807) is 0 Å². The van der Waals surface area contributed by atoms with Crippen LogP contribution in [0.1, 0.15) is 12.8 Å². The third kappa shape index (κ3) is 1.57. The molecule has 72 valence electrons. The molecule has 2 fully saturated rings. The molecule has 0 aromatic carbocycles. The van der Waals surface area contributed by atoms with Crippen LogP contribution in [-0.2, 0) is 3.07 Å². The molecule has 2 aliphatic rings. The second-order valence-corrected chi connectivity index (χ2v) is 4.81. The Balaban J connectivity index is 2.20. The predicted molar refractivity (Wildman–Crippen MR) is 61.8 cm³/mol. The lowest BCUT2D eigenvalue weighted by molar-refractivity contribution is 0.139. The van der Waals surface area contributed by atoms with Crippen LogP contribution in [0.3, 0.4) is 0 Å². The summed E-state index contributed by atoms with van der Waals surface area (Å²) in [5.74, 6) is 0. The van der Waals surface area contributed by atoms with Crippen LogP contribution in [0, 0.1) is 0 Å². The summed E-state index contributed by atoms with van der Waals surface area (Å²) in [6.07, 6.45) is 2.16. The fourth-order valence-corrected chi connectivity index (χ4v) is 3.13. The van der Waals surface area contributed by atoms with Crippen molar-refractivity contribution in [3.8, 4) is 0 Å². The Labute approximate surface area is 93.3 Å². The van der Waals surface area contributed by atoms with Crippen LogP contribution in [0.4, 0.5) is 0 Å². The van der Waals surface area contributed by atoms with Crippen LogP contribution in [0.15, 0.2) is 24.3 Å². The summed E-state index contributed by atoms with van der Waals surface area (Å²) in [5, 5.41) is 0. The second-order valence-electron chi connectivity index (χ2n) is 4.19. The lowest BCUT2D eigenvalue weighted by Crippen LogP contribution is -2.41. The minimum atomic E-state index is 0.204. The Bertz CT molecular complexity index is 242. The number of hydrogen-bond donors (Lipinski definition) is 0. The molecule has 0 atom stereocenters. The smallest absolute Gasteiger partial charge is 0.109 e. The summed E-state index contributed by atoms with van der Waals surface area (Å²) in [7, 11) is 0. The van der Waals surface area contributed by atoms with Crippen molar-refractivity contribution in [1.29, 1.82) is 0 Å². The predicted octanol–water partition coefficient (Wildman–Crippen LogP) is 2.31. The summed E-state index contributed by atoms with van der Waals surface area (Å²) >= 11 is 1.98. The summed E-state index contributed by atoms with van der Waals surface area (Å²) in [6.45, 7) is 11.0. The summed E-state index contributed by atoms with van der Waals surface area (Å²) in [5.41, 5.74) is 2.87. The van der Waals surface area contributed by atoms with Crippen molar-refractivity contribution in [2.24, 2.45) is 0 Å². The highest BCUT2D eigenvalue weighted by Gasteiger charge is 2.47. The maximum absolute atomic E-state index is 5.27.